The minimum absolute atomic E-state index is 0.146. The maximum atomic E-state index is 13.9. The van der Waals surface area contributed by atoms with Crippen LogP contribution in [0, 0.1) is 5.82 Å². The summed E-state index contributed by atoms with van der Waals surface area (Å²) in [6.45, 7) is 6.91. The SMILES string of the molecule is CC(C)c1cccc2sc(N3CCN(C(=O)c4ccccc4F)CC3)nc12. The van der Waals surface area contributed by atoms with Crippen LogP contribution in [0.5, 0.6) is 0 Å². The highest BCUT2D eigenvalue weighted by atomic mass is 32.1. The van der Waals surface area contributed by atoms with Gasteiger partial charge in [-0.15, -0.1) is 0 Å². The van der Waals surface area contributed by atoms with E-state index in [1.165, 1.54) is 16.3 Å². The summed E-state index contributed by atoms with van der Waals surface area (Å²) in [5.74, 6) is -0.268. The third-order valence-electron chi connectivity index (χ3n) is 5.00. The van der Waals surface area contributed by atoms with Gasteiger partial charge in [0.25, 0.3) is 5.91 Å². The first-order valence-electron chi connectivity index (χ1n) is 9.23. The summed E-state index contributed by atoms with van der Waals surface area (Å²) in [6, 6.07) is 12.5. The van der Waals surface area contributed by atoms with Crippen LogP contribution < -0.4 is 4.90 Å². The highest BCUT2D eigenvalue weighted by Crippen LogP contribution is 2.33. The van der Waals surface area contributed by atoms with Gasteiger partial charge >= 0.3 is 0 Å². The molecule has 0 unspecified atom stereocenters. The predicted octanol–water partition coefficient (Wildman–Crippen LogP) is 4.52. The molecule has 1 amide bonds. The van der Waals surface area contributed by atoms with Crippen molar-refractivity contribution in [3.05, 3.63) is 59.4 Å². The molecular formula is C21H22FN3OS. The minimum Gasteiger partial charge on any atom is -0.345 e. The highest BCUT2D eigenvalue weighted by Gasteiger charge is 2.25. The van der Waals surface area contributed by atoms with E-state index in [-0.39, 0.29) is 11.5 Å². The number of aromatic nitrogens is 1. The second kappa shape index (κ2) is 7.27. The van der Waals surface area contributed by atoms with Crippen molar-refractivity contribution in [1.82, 2.24) is 9.88 Å². The first-order valence-corrected chi connectivity index (χ1v) is 10.0. The molecule has 27 heavy (non-hydrogen) atoms. The number of carbonyl (C=O) groups is 1. The lowest BCUT2D eigenvalue weighted by atomic mass is 10.0. The van der Waals surface area contributed by atoms with E-state index in [4.69, 9.17) is 4.98 Å². The quantitative estimate of drug-likeness (QED) is 0.667. The van der Waals surface area contributed by atoms with E-state index in [2.05, 4.69) is 36.9 Å². The Balaban J connectivity index is 1.50. The smallest absolute Gasteiger partial charge is 0.256 e. The third-order valence-corrected chi connectivity index (χ3v) is 6.08. The Labute approximate surface area is 162 Å². The average Bonchev–Trinajstić information content (AvgIpc) is 3.12. The molecule has 4 nitrogen and oxygen atoms in total. The average molecular weight is 383 g/mol. The summed E-state index contributed by atoms with van der Waals surface area (Å²) >= 11 is 1.70. The lowest BCUT2D eigenvalue weighted by molar-refractivity contribution is 0.0742. The molecule has 0 radical (unpaired) electrons. The molecule has 0 saturated carbocycles. The fraction of sp³-hybridized carbons (Fsp3) is 0.333. The zero-order valence-corrected chi connectivity index (χ0v) is 16.3. The van der Waals surface area contributed by atoms with Crippen molar-refractivity contribution < 1.29 is 9.18 Å². The minimum atomic E-state index is -0.461. The summed E-state index contributed by atoms with van der Waals surface area (Å²) in [5.41, 5.74) is 2.49. The second-order valence-corrected chi connectivity index (χ2v) is 8.11. The number of benzene rings is 2. The van der Waals surface area contributed by atoms with Gasteiger partial charge in [-0.1, -0.05) is 49.4 Å². The van der Waals surface area contributed by atoms with Gasteiger partial charge in [-0.05, 0) is 29.7 Å². The topological polar surface area (TPSA) is 36.4 Å². The van der Waals surface area contributed by atoms with Crippen LogP contribution in [0.3, 0.4) is 0 Å². The molecular weight excluding hydrogens is 361 g/mol. The van der Waals surface area contributed by atoms with Crippen LogP contribution in [0.1, 0.15) is 35.7 Å². The second-order valence-electron chi connectivity index (χ2n) is 7.10. The lowest BCUT2D eigenvalue weighted by Crippen LogP contribution is -2.49. The number of thiazole rings is 1. The number of anilines is 1. The van der Waals surface area contributed by atoms with Crippen molar-refractivity contribution in [3.63, 3.8) is 0 Å². The summed E-state index contributed by atoms with van der Waals surface area (Å²) in [7, 11) is 0. The number of piperazine rings is 1. The molecule has 4 rings (SSSR count). The number of hydrogen-bond acceptors (Lipinski definition) is 4. The van der Waals surface area contributed by atoms with Crippen molar-refractivity contribution in [2.45, 2.75) is 19.8 Å². The molecule has 0 atom stereocenters. The van der Waals surface area contributed by atoms with E-state index in [0.29, 0.717) is 32.1 Å². The first kappa shape index (κ1) is 17.9. The number of halogens is 1. The van der Waals surface area contributed by atoms with Gasteiger partial charge in [0.1, 0.15) is 5.82 Å². The summed E-state index contributed by atoms with van der Waals surface area (Å²) in [4.78, 5) is 21.4. The Kier molecular flexibility index (Phi) is 4.83. The van der Waals surface area contributed by atoms with Crippen LogP contribution in [0.2, 0.25) is 0 Å². The molecule has 0 N–H and O–H groups in total. The molecule has 3 aromatic rings. The molecule has 1 fully saturated rings. The van der Waals surface area contributed by atoms with Crippen LogP contribution in [-0.4, -0.2) is 42.0 Å². The Morgan fingerprint density at radius 2 is 1.81 bits per heavy atom. The maximum Gasteiger partial charge on any atom is 0.256 e. The number of hydrogen-bond donors (Lipinski definition) is 0. The van der Waals surface area contributed by atoms with E-state index in [1.807, 2.05) is 0 Å². The maximum absolute atomic E-state index is 13.9. The van der Waals surface area contributed by atoms with Crippen LogP contribution in [0.25, 0.3) is 10.2 Å². The van der Waals surface area contributed by atoms with E-state index in [1.54, 1.807) is 34.4 Å². The molecule has 0 spiro atoms. The molecule has 1 aliphatic rings. The Morgan fingerprint density at radius 1 is 1.07 bits per heavy atom. The Morgan fingerprint density at radius 3 is 2.52 bits per heavy atom. The van der Waals surface area contributed by atoms with Gasteiger partial charge in [0.2, 0.25) is 0 Å². The zero-order chi connectivity index (χ0) is 19.0. The van der Waals surface area contributed by atoms with Gasteiger partial charge in [-0.2, -0.15) is 0 Å². The molecule has 1 aliphatic heterocycles. The van der Waals surface area contributed by atoms with Crippen LogP contribution >= 0.6 is 11.3 Å². The molecule has 0 aliphatic carbocycles. The van der Waals surface area contributed by atoms with Crippen molar-refractivity contribution in [3.8, 4) is 0 Å². The first-order chi connectivity index (χ1) is 13.0. The van der Waals surface area contributed by atoms with E-state index in [9.17, 15) is 9.18 Å². The number of nitrogens with zero attached hydrogens (tertiary/aromatic N) is 3. The molecule has 6 heteroatoms. The number of rotatable bonds is 3. The molecule has 140 valence electrons. The largest absolute Gasteiger partial charge is 0.345 e. The fourth-order valence-electron chi connectivity index (χ4n) is 3.47. The Hall–Kier alpha value is -2.47. The molecule has 0 bridgehead atoms. The standard InChI is InChI=1S/C21H22FN3OS/c1-14(2)15-7-5-9-18-19(15)23-21(27-18)25-12-10-24(11-13-25)20(26)16-6-3-4-8-17(16)22/h3-9,14H,10-13H2,1-2H3. The van der Waals surface area contributed by atoms with Crippen molar-refractivity contribution >= 4 is 32.6 Å². The monoisotopic (exact) mass is 383 g/mol. The van der Waals surface area contributed by atoms with Crippen LogP contribution in [0.15, 0.2) is 42.5 Å². The number of amides is 1. The summed E-state index contributed by atoms with van der Waals surface area (Å²) in [6.07, 6.45) is 0. The van der Waals surface area contributed by atoms with Gasteiger partial charge in [-0.3, -0.25) is 4.79 Å². The lowest BCUT2D eigenvalue weighted by Gasteiger charge is -2.34. The molecule has 1 saturated heterocycles. The fourth-order valence-corrected chi connectivity index (χ4v) is 4.52. The summed E-state index contributed by atoms with van der Waals surface area (Å²) < 4.78 is 15.1. The normalized spacial score (nSPS) is 15.0. The van der Waals surface area contributed by atoms with Crippen LogP contribution in [0.4, 0.5) is 9.52 Å². The van der Waals surface area contributed by atoms with E-state index < -0.39 is 5.82 Å². The van der Waals surface area contributed by atoms with Gasteiger partial charge in [0.15, 0.2) is 5.13 Å². The van der Waals surface area contributed by atoms with Gasteiger partial charge in [-0.25, -0.2) is 9.37 Å². The zero-order valence-electron chi connectivity index (χ0n) is 15.5. The predicted molar refractivity (Wildman–Crippen MR) is 108 cm³/mol. The van der Waals surface area contributed by atoms with Gasteiger partial charge < -0.3 is 9.80 Å². The number of fused-ring (bicyclic) bond motifs is 1. The van der Waals surface area contributed by atoms with E-state index >= 15 is 0 Å². The third kappa shape index (κ3) is 3.41. The highest BCUT2D eigenvalue weighted by molar-refractivity contribution is 7.22. The van der Waals surface area contributed by atoms with Crippen molar-refractivity contribution in [1.29, 1.82) is 0 Å². The van der Waals surface area contributed by atoms with Gasteiger partial charge in [0.05, 0.1) is 15.8 Å². The molecule has 2 heterocycles. The summed E-state index contributed by atoms with van der Waals surface area (Å²) in [5, 5.41) is 0.996. The number of carbonyl (C=O) groups excluding carboxylic acids is 1. The van der Waals surface area contributed by atoms with Crippen LogP contribution in [-0.2, 0) is 0 Å². The van der Waals surface area contributed by atoms with E-state index in [0.717, 1.165) is 10.6 Å². The Bertz CT molecular complexity index is 976. The van der Waals surface area contributed by atoms with Crippen molar-refractivity contribution in [2.75, 3.05) is 31.1 Å². The molecule has 1 aromatic heterocycles. The number of para-hydroxylation sites is 1. The van der Waals surface area contributed by atoms with Gasteiger partial charge in [0, 0.05) is 26.2 Å². The molecule has 2 aromatic carbocycles. The van der Waals surface area contributed by atoms with Crippen molar-refractivity contribution in [2.24, 2.45) is 0 Å².